The molecule has 1 aliphatic rings. The fourth-order valence-electron chi connectivity index (χ4n) is 2.78. The van der Waals surface area contributed by atoms with Crippen LogP contribution >= 0.6 is 23.4 Å². The first-order valence-electron chi connectivity index (χ1n) is 7.80. The molecule has 7 heteroatoms. The molecule has 4 nitrogen and oxygen atoms in total. The van der Waals surface area contributed by atoms with Crippen LogP contribution in [-0.2, 0) is 11.8 Å². The van der Waals surface area contributed by atoms with E-state index in [1.807, 2.05) is 48.2 Å². The Kier molecular flexibility index (Phi) is 4.30. The standard InChI is InChI=1S/C19H13ClFN3OS/c1-24-10-11(13-4-2-3-5-16(13)24)8-17-18(25)23-19(26-17)22-12-6-7-15(21)14(20)9-12/h2-10H,1H3,(H,22,23,25)/b17-8-. The number of hydrogen-bond donors (Lipinski definition) is 1. The zero-order valence-electron chi connectivity index (χ0n) is 13.7. The number of rotatable bonds is 2. The molecule has 0 radical (unpaired) electrons. The monoisotopic (exact) mass is 385 g/mol. The Morgan fingerprint density at radius 1 is 1.27 bits per heavy atom. The van der Waals surface area contributed by atoms with E-state index in [0.717, 1.165) is 16.5 Å². The van der Waals surface area contributed by atoms with Crippen molar-refractivity contribution >= 4 is 57.1 Å². The number of carbonyl (C=O) groups is 1. The first-order valence-corrected chi connectivity index (χ1v) is 8.99. The Labute approximate surface area is 158 Å². The zero-order chi connectivity index (χ0) is 18.3. The molecule has 1 aromatic heterocycles. The van der Waals surface area contributed by atoms with Gasteiger partial charge in [0.15, 0.2) is 5.17 Å². The molecule has 26 heavy (non-hydrogen) atoms. The maximum atomic E-state index is 13.2. The number of hydrogen-bond acceptors (Lipinski definition) is 3. The molecule has 1 saturated heterocycles. The van der Waals surface area contributed by atoms with Gasteiger partial charge in [0, 0.05) is 29.7 Å². The minimum atomic E-state index is -0.504. The van der Waals surface area contributed by atoms with Gasteiger partial charge in [-0.3, -0.25) is 4.79 Å². The van der Waals surface area contributed by atoms with Gasteiger partial charge < -0.3 is 9.88 Å². The number of nitrogens with one attached hydrogen (secondary N) is 1. The molecule has 1 amide bonds. The zero-order valence-corrected chi connectivity index (χ0v) is 15.2. The highest BCUT2D eigenvalue weighted by molar-refractivity contribution is 8.18. The summed E-state index contributed by atoms with van der Waals surface area (Å²) in [5, 5.41) is 4.23. The highest BCUT2D eigenvalue weighted by Gasteiger charge is 2.24. The number of halogens is 2. The summed E-state index contributed by atoms with van der Waals surface area (Å²) in [4.78, 5) is 17.1. The van der Waals surface area contributed by atoms with Crippen LogP contribution in [0.25, 0.3) is 17.0 Å². The van der Waals surface area contributed by atoms with Crippen molar-refractivity contribution in [2.45, 2.75) is 0 Å². The average molecular weight is 386 g/mol. The van der Waals surface area contributed by atoms with E-state index in [0.29, 0.717) is 15.8 Å². The molecule has 0 atom stereocenters. The topological polar surface area (TPSA) is 46.4 Å². The molecular weight excluding hydrogens is 373 g/mol. The Hall–Kier alpha value is -2.57. The number of aromatic nitrogens is 1. The van der Waals surface area contributed by atoms with Crippen molar-refractivity contribution in [2.24, 2.45) is 12.0 Å². The first kappa shape index (κ1) is 16.9. The molecular formula is C19H13ClFN3OS. The Morgan fingerprint density at radius 2 is 2.08 bits per heavy atom. The van der Waals surface area contributed by atoms with Gasteiger partial charge in [-0.25, -0.2) is 9.38 Å². The van der Waals surface area contributed by atoms with Gasteiger partial charge in [0.1, 0.15) is 5.82 Å². The first-order chi connectivity index (χ1) is 12.5. The second kappa shape index (κ2) is 6.63. The van der Waals surface area contributed by atoms with Crippen molar-refractivity contribution in [2.75, 3.05) is 0 Å². The summed E-state index contributed by atoms with van der Waals surface area (Å²) >= 11 is 7.01. The minimum absolute atomic E-state index is 0.00676. The number of para-hydroxylation sites is 1. The number of benzene rings is 2. The van der Waals surface area contributed by atoms with Crippen LogP contribution in [0.1, 0.15) is 5.56 Å². The van der Waals surface area contributed by atoms with E-state index in [2.05, 4.69) is 10.3 Å². The summed E-state index contributed by atoms with van der Waals surface area (Å²) < 4.78 is 15.3. The predicted molar refractivity (Wildman–Crippen MR) is 105 cm³/mol. The van der Waals surface area contributed by atoms with Crippen LogP contribution in [0, 0.1) is 5.82 Å². The van der Waals surface area contributed by atoms with E-state index in [4.69, 9.17) is 11.6 Å². The Morgan fingerprint density at radius 3 is 2.88 bits per heavy atom. The van der Waals surface area contributed by atoms with Crippen molar-refractivity contribution in [3.8, 4) is 0 Å². The van der Waals surface area contributed by atoms with E-state index in [-0.39, 0.29) is 10.9 Å². The fourth-order valence-corrected chi connectivity index (χ4v) is 3.79. The smallest absolute Gasteiger partial charge is 0.264 e. The lowest BCUT2D eigenvalue weighted by atomic mass is 10.1. The molecule has 0 unspecified atom stereocenters. The van der Waals surface area contributed by atoms with Gasteiger partial charge in [-0.2, -0.15) is 0 Å². The second-order valence-electron chi connectivity index (χ2n) is 5.79. The number of nitrogens with zero attached hydrogens (tertiary/aromatic N) is 2. The van der Waals surface area contributed by atoms with E-state index in [9.17, 15) is 9.18 Å². The van der Waals surface area contributed by atoms with Gasteiger partial charge in [0.05, 0.1) is 15.6 Å². The molecule has 1 N–H and O–H groups in total. The summed E-state index contributed by atoms with van der Waals surface area (Å²) in [7, 11) is 1.97. The number of carbonyl (C=O) groups excluding carboxylic acids is 1. The highest BCUT2D eigenvalue weighted by atomic mass is 35.5. The number of fused-ring (bicyclic) bond motifs is 1. The lowest BCUT2D eigenvalue weighted by Crippen LogP contribution is -2.19. The van der Waals surface area contributed by atoms with E-state index >= 15 is 0 Å². The fraction of sp³-hybridized carbons (Fsp3) is 0.0526. The Bertz CT molecular complexity index is 1100. The van der Waals surface area contributed by atoms with Crippen LogP contribution in [0.4, 0.5) is 10.1 Å². The maximum Gasteiger partial charge on any atom is 0.264 e. The number of thioether (sulfide) groups is 1. The average Bonchev–Trinajstić information content (AvgIpc) is 3.12. The number of aryl methyl sites for hydroxylation is 1. The summed E-state index contributed by atoms with van der Waals surface area (Å²) in [6.07, 6.45) is 3.84. The van der Waals surface area contributed by atoms with Crippen LogP contribution in [0.15, 0.2) is 58.6 Å². The lowest BCUT2D eigenvalue weighted by molar-refractivity contribution is -0.115. The molecule has 130 valence electrons. The van der Waals surface area contributed by atoms with Gasteiger partial charge in [-0.05, 0) is 42.1 Å². The van der Waals surface area contributed by atoms with Crippen molar-refractivity contribution in [1.82, 2.24) is 9.88 Å². The predicted octanol–water partition coefficient (Wildman–Crippen LogP) is 4.86. The van der Waals surface area contributed by atoms with Crippen molar-refractivity contribution in [3.05, 3.63) is 70.0 Å². The van der Waals surface area contributed by atoms with Crippen molar-refractivity contribution < 1.29 is 9.18 Å². The molecule has 0 saturated carbocycles. The molecule has 1 aliphatic heterocycles. The molecule has 2 aromatic carbocycles. The van der Waals surface area contributed by atoms with Gasteiger partial charge in [0.2, 0.25) is 0 Å². The summed E-state index contributed by atoms with van der Waals surface area (Å²) in [5.74, 6) is -0.717. The third-order valence-electron chi connectivity index (χ3n) is 4.00. The third kappa shape index (κ3) is 3.13. The van der Waals surface area contributed by atoms with Crippen molar-refractivity contribution in [3.63, 3.8) is 0 Å². The van der Waals surface area contributed by atoms with Gasteiger partial charge in [0.25, 0.3) is 5.91 Å². The Balaban J connectivity index is 1.66. The highest BCUT2D eigenvalue weighted by Crippen LogP contribution is 2.31. The second-order valence-corrected chi connectivity index (χ2v) is 7.23. The molecule has 0 aliphatic carbocycles. The molecule has 4 rings (SSSR count). The maximum absolute atomic E-state index is 13.2. The van der Waals surface area contributed by atoms with E-state index in [1.165, 1.54) is 30.0 Å². The molecule has 0 spiro atoms. The van der Waals surface area contributed by atoms with Gasteiger partial charge in [-0.15, -0.1) is 0 Å². The third-order valence-corrected chi connectivity index (χ3v) is 5.20. The molecule has 0 bridgehead atoms. The summed E-state index contributed by atoms with van der Waals surface area (Å²) in [6.45, 7) is 0. The SMILES string of the molecule is Cn1cc(/C=C2\SC(=Nc3ccc(F)c(Cl)c3)NC2=O)c2ccccc21. The van der Waals surface area contributed by atoms with E-state index < -0.39 is 5.82 Å². The van der Waals surface area contributed by atoms with Crippen LogP contribution in [0.2, 0.25) is 5.02 Å². The van der Waals surface area contributed by atoms with Gasteiger partial charge in [-0.1, -0.05) is 29.8 Å². The molecule has 2 heterocycles. The normalized spacial score (nSPS) is 17.4. The lowest BCUT2D eigenvalue weighted by Gasteiger charge is -1.98. The largest absolute Gasteiger partial charge is 0.350 e. The van der Waals surface area contributed by atoms with E-state index in [1.54, 1.807) is 0 Å². The van der Waals surface area contributed by atoms with Crippen LogP contribution < -0.4 is 5.32 Å². The van der Waals surface area contributed by atoms with Crippen molar-refractivity contribution in [1.29, 1.82) is 0 Å². The number of amides is 1. The number of aliphatic imine (C=N–C) groups is 1. The quantitative estimate of drug-likeness (QED) is 0.640. The van der Waals surface area contributed by atoms with Gasteiger partial charge >= 0.3 is 0 Å². The van der Waals surface area contributed by atoms with Crippen LogP contribution in [0.3, 0.4) is 0 Å². The summed E-state index contributed by atoms with van der Waals surface area (Å²) in [6, 6.07) is 12.2. The molecule has 1 fully saturated rings. The number of amidine groups is 1. The van der Waals surface area contributed by atoms with Crippen LogP contribution in [-0.4, -0.2) is 15.6 Å². The van der Waals surface area contributed by atoms with Crippen LogP contribution in [0.5, 0.6) is 0 Å². The minimum Gasteiger partial charge on any atom is -0.350 e. The molecule has 3 aromatic rings. The summed E-state index contributed by atoms with van der Waals surface area (Å²) in [5.41, 5.74) is 2.54.